The molecule has 2 atom stereocenters. The van der Waals surface area contributed by atoms with Crippen molar-refractivity contribution < 1.29 is 58.3 Å². The predicted molar refractivity (Wildman–Crippen MR) is 487 cm³/mol. The van der Waals surface area contributed by atoms with E-state index in [1.54, 1.807) is 34.6 Å². The Morgan fingerprint density at radius 2 is 0.862 bits per heavy atom. The van der Waals surface area contributed by atoms with Crippen LogP contribution in [-0.2, 0) is 33.4 Å². The number of rotatable bonds is 9. The molecule has 116 heavy (non-hydrogen) atoms. The van der Waals surface area contributed by atoms with Crippen LogP contribution in [0.1, 0.15) is 407 Å². The summed E-state index contributed by atoms with van der Waals surface area (Å²) in [7, 11) is 1.40. The summed E-state index contributed by atoms with van der Waals surface area (Å²) in [6, 6.07) is 3.24. The van der Waals surface area contributed by atoms with Crippen molar-refractivity contribution in [2.75, 3.05) is 53.0 Å². The van der Waals surface area contributed by atoms with Gasteiger partial charge in [-0.05, 0) is 265 Å². The maximum Gasteiger partial charge on any atom is 0.410 e. The number of esters is 1. The minimum Gasteiger partial charge on any atom is -0.481 e. The SMILES string of the molecule is CC(C)(C)C(=O)O.CC(C)(C)C(C)(C)C(=O)O.CC(C)(C)C(C)(C)CCC#N.CC(C)(C)C(C)(C)CCC(=O)O.CC(C)(C)C(C)(C)CCC1=NCN=N1.CC(C)(C)C1CCCCN1.CC(C)(C)C1CCNCC1.CC(C)(C)OC(=O)N1CCC(C(C)(C)C)CC1.CC(C)(C)OC(=O)N1CCCCC1C(C)(C)C.COC(=O)C(C)(C)C. The zero-order valence-corrected chi connectivity index (χ0v) is 84.3. The zero-order valence-electron chi connectivity index (χ0n) is 84.3. The summed E-state index contributed by atoms with van der Waals surface area (Å²) in [4.78, 5) is 73.7. The van der Waals surface area contributed by atoms with Gasteiger partial charge in [0, 0.05) is 51.0 Å². The lowest BCUT2D eigenvalue weighted by Gasteiger charge is -2.43. The number of hydrogen-bond acceptors (Lipinski definition) is 15. The lowest BCUT2D eigenvalue weighted by atomic mass is 9.67. The third-order valence-electron chi connectivity index (χ3n) is 24.7. The number of nitrogens with zero attached hydrogens (tertiary/aromatic N) is 6. The van der Waals surface area contributed by atoms with Crippen molar-refractivity contribution in [1.82, 2.24) is 20.4 Å². The molecule has 0 bridgehead atoms. The molecule has 20 heteroatoms. The van der Waals surface area contributed by atoms with Gasteiger partial charge in [-0.25, -0.2) is 14.6 Å². The first-order chi connectivity index (χ1) is 51.3. The first kappa shape index (κ1) is 120. The number of ether oxygens (including phenoxy) is 3. The molecule has 686 valence electrons. The number of amidine groups is 1. The topological polar surface area (TPSA) is 282 Å². The largest absolute Gasteiger partial charge is 0.481 e. The number of nitrogens with one attached hydrogen (secondary N) is 2. The molecule has 5 heterocycles. The fraction of sp³-hybridized carbons (Fsp3) is 0.917. The number of amides is 2. The number of carboxylic acid groups (broad SMARTS) is 3. The smallest absolute Gasteiger partial charge is 0.410 e. The summed E-state index contributed by atoms with van der Waals surface area (Å²) < 4.78 is 15.4. The number of methoxy groups -OCH3 is 1. The van der Waals surface area contributed by atoms with Gasteiger partial charge in [0.05, 0.1) is 29.4 Å². The van der Waals surface area contributed by atoms with Gasteiger partial charge in [0.25, 0.3) is 0 Å². The van der Waals surface area contributed by atoms with E-state index >= 15 is 0 Å². The van der Waals surface area contributed by atoms with Gasteiger partial charge in [-0.2, -0.15) is 10.4 Å². The van der Waals surface area contributed by atoms with Gasteiger partial charge in [-0.1, -0.05) is 214 Å². The van der Waals surface area contributed by atoms with Crippen molar-refractivity contribution in [3.8, 4) is 6.07 Å². The highest BCUT2D eigenvalue weighted by Crippen LogP contribution is 2.45. The van der Waals surface area contributed by atoms with Crippen LogP contribution < -0.4 is 10.6 Å². The third-order valence-corrected chi connectivity index (χ3v) is 24.7. The van der Waals surface area contributed by atoms with Crippen LogP contribution in [0.4, 0.5) is 9.59 Å². The van der Waals surface area contributed by atoms with E-state index in [1.165, 1.54) is 65.3 Å². The standard InChI is InChI=1S/2C14H27NO2.C11H21N3.C10H19N.C10H20O2.2C9H19N.C8H16O2.C6H12O2.C5H10O2/c1-13(2,3)11-7-9-15(10-8-11)12(16)17-14(4,5)6;1-13(2,3)11-9-7-8-10-15(11)12(16)17-14(4,5)6;1-10(2,3)11(4,5)7-6-9-12-8-13-14-9;1-9(2,3)10(4,5)7-6-8-11;1-9(2,3)10(4,5)7-6-8(11)12;1-9(2,3)8-4-6-10-7-5-8;1-9(2,3)8-6-4-5-7-10-8;1-7(2,3)8(4,5)6(9)10;1-6(2,3)5(7)8-4;1-5(2,3)4(6)7/h2*11H,7-10H2,1-6H3;6-8H2,1-5H3;6-7H2,1-5H3;6-7H2,1-5H3,(H,11,12);2*8,10H,4-7H2,1-3H3;1-5H3,(H,9,10);1-4H3;1-3H3,(H,6,7). The molecule has 0 spiro atoms. The minimum atomic E-state index is -0.757. The summed E-state index contributed by atoms with van der Waals surface area (Å²) >= 11 is 0. The Labute approximate surface area is 714 Å². The quantitative estimate of drug-likeness (QED) is 0.106. The van der Waals surface area contributed by atoms with Gasteiger partial charge >= 0.3 is 36.1 Å². The van der Waals surface area contributed by atoms with E-state index in [4.69, 9.17) is 30.1 Å². The van der Waals surface area contributed by atoms with Gasteiger partial charge in [0.1, 0.15) is 17.0 Å². The fourth-order valence-corrected chi connectivity index (χ4v) is 11.3. The maximum atomic E-state index is 12.2. The zero-order chi connectivity index (χ0) is 93.1. The maximum absolute atomic E-state index is 12.2. The van der Waals surface area contributed by atoms with E-state index in [1.807, 2.05) is 92.9 Å². The second-order valence-corrected chi connectivity index (χ2v) is 47.8. The Morgan fingerprint density at radius 1 is 0.457 bits per heavy atom. The molecule has 0 aromatic carbocycles. The van der Waals surface area contributed by atoms with Crippen LogP contribution in [0.5, 0.6) is 0 Å². The van der Waals surface area contributed by atoms with E-state index in [9.17, 15) is 28.8 Å². The number of carbonyl (C=O) groups excluding carboxylic acids is 3. The van der Waals surface area contributed by atoms with Crippen LogP contribution in [0.15, 0.2) is 15.2 Å². The molecule has 5 N–H and O–H groups in total. The molecule has 5 aliphatic rings. The van der Waals surface area contributed by atoms with Crippen LogP contribution in [0.25, 0.3) is 0 Å². The monoisotopic (exact) mass is 1650 g/mol. The summed E-state index contributed by atoms with van der Waals surface area (Å²) in [5.41, 5.74) is 0.354. The Hall–Kier alpha value is -4.90. The number of carbonyl (C=O) groups is 6. The number of azo groups is 1. The molecule has 0 radical (unpaired) electrons. The number of aliphatic carboxylic acids is 3. The van der Waals surface area contributed by atoms with Crippen LogP contribution in [0, 0.1) is 99.0 Å². The van der Waals surface area contributed by atoms with Gasteiger partial charge in [0.2, 0.25) is 0 Å². The van der Waals surface area contributed by atoms with Crippen molar-refractivity contribution >= 4 is 41.9 Å². The molecule has 2 unspecified atom stereocenters. The number of hydrogen-bond donors (Lipinski definition) is 5. The highest BCUT2D eigenvalue weighted by atomic mass is 16.6. The Balaban J connectivity index is -0.000000398. The Kier molecular flexibility index (Phi) is 51.4. The van der Waals surface area contributed by atoms with Crippen molar-refractivity contribution in [2.24, 2.45) is 103 Å². The van der Waals surface area contributed by atoms with E-state index < -0.39 is 39.9 Å². The summed E-state index contributed by atoms with van der Waals surface area (Å²) in [5, 5.41) is 48.8. The average Bonchev–Trinajstić information content (AvgIpc) is 0.843. The third kappa shape index (κ3) is 53.7. The second kappa shape index (κ2) is 49.9. The molecule has 0 aromatic rings. The molecule has 0 aliphatic carbocycles. The molecule has 0 saturated carbocycles. The van der Waals surface area contributed by atoms with Gasteiger partial charge < -0.3 is 50.0 Å². The highest BCUT2D eigenvalue weighted by molar-refractivity contribution is 5.83. The number of likely N-dealkylation sites (tertiary alicyclic amines) is 2. The van der Waals surface area contributed by atoms with Crippen LogP contribution in [-0.4, -0.2) is 143 Å². The van der Waals surface area contributed by atoms with E-state index in [0.717, 1.165) is 88.8 Å². The second-order valence-electron chi connectivity index (χ2n) is 47.8. The summed E-state index contributed by atoms with van der Waals surface area (Å²) in [6.07, 6.45) is 16.9. The molecule has 2 amide bonds. The summed E-state index contributed by atoms with van der Waals surface area (Å²) in [5.74, 6) is 0.203. The molecule has 5 rings (SSSR count). The molecular formula is C96H190N8O12. The molecular weight excluding hydrogens is 1460 g/mol. The van der Waals surface area contributed by atoms with E-state index in [0.29, 0.717) is 57.5 Å². The van der Waals surface area contributed by atoms with E-state index in [-0.39, 0.29) is 57.1 Å². The van der Waals surface area contributed by atoms with Crippen LogP contribution >= 0.6 is 0 Å². The fourth-order valence-electron chi connectivity index (χ4n) is 11.3. The van der Waals surface area contributed by atoms with Crippen molar-refractivity contribution in [3.05, 3.63) is 0 Å². The minimum absolute atomic E-state index is 0.0887. The van der Waals surface area contributed by atoms with Crippen molar-refractivity contribution in [3.63, 3.8) is 0 Å². The molecule has 4 fully saturated rings. The van der Waals surface area contributed by atoms with Crippen LogP contribution in [0.2, 0.25) is 0 Å². The lowest BCUT2D eigenvalue weighted by Crippen LogP contribution is -2.51. The predicted octanol–water partition coefficient (Wildman–Crippen LogP) is 26.1. The summed E-state index contributed by atoms with van der Waals surface area (Å²) in [6.45, 7) is 98.6. The molecule has 5 aliphatic heterocycles. The first-order valence-corrected chi connectivity index (χ1v) is 43.8. The number of piperidine rings is 4. The molecule has 20 nitrogen and oxygen atoms in total. The molecule has 4 saturated heterocycles. The van der Waals surface area contributed by atoms with Gasteiger partial charge in [0.15, 0.2) is 6.67 Å². The van der Waals surface area contributed by atoms with Gasteiger partial charge in [-0.15, -0.1) is 5.11 Å². The average molecular weight is 1650 g/mol. The van der Waals surface area contributed by atoms with Crippen LogP contribution in [0.3, 0.4) is 0 Å². The normalized spacial score (nSPS) is 17.8. The first-order valence-electron chi connectivity index (χ1n) is 43.8. The number of aliphatic imine (C=N–C) groups is 1. The van der Waals surface area contributed by atoms with Crippen molar-refractivity contribution in [1.29, 1.82) is 5.26 Å². The van der Waals surface area contributed by atoms with Gasteiger partial charge in [-0.3, -0.25) is 19.2 Å². The number of carboxylic acids is 3. The number of nitriles is 1. The highest BCUT2D eigenvalue weighted by Gasteiger charge is 2.41. The van der Waals surface area contributed by atoms with Crippen molar-refractivity contribution in [2.45, 2.75) is 431 Å². The van der Waals surface area contributed by atoms with E-state index in [2.05, 4.69) is 224 Å². The Bertz CT molecular complexity index is 2880. The molecule has 0 aromatic heterocycles. The Morgan fingerprint density at radius 3 is 1.14 bits per heavy atom. The lowest BCUT2D eigenvalue weighted by molar-refractivity contribution is -0.153.